The smallest absolute Gasteiger partial charge is 0.191 e. The molecule has 0 amide bonds. The minimum Gasteiger partial charge on any atom is -0.355 e. The van der Waals surface area contributed by atoms with Gasteiger partial charge in [-0.3, -0.25) is 9.67 Å². The first kappa shape index (κ1) is 21.7. The second-order valence-electron chi connectivity index (χ2n) is 6.78. The molecule has 2 aromatic rings. The molecule has 27 heavy (non-hydrogen) atoms. The van der Waals surface area contributed by atoms with Crippen LogP contribution in [0.15, 0.2) is 47.7 Å². The molecule has 1 fully saturated rings. The third-order valence-electron chi connectivity index (χ3n) is 4.75. The zero-order valence-electron chi connectivity index (χ0n) is 16.1. The minimum absolute atomic E-state index is 0. The first-order valence-electron chi connectivity index (χ1n) is 9.55. The summed E-state index contributed by atoms with van der Waals surface area (Å²) in [6, 6.07) is 10.5. The predicted molar refractivity (Wildman–Crippen MR) is 122 cm³/mol. The number of aromatic nitrogens is 2. The minimum atomic E-state index is 0. The quantitative estimate of drug-likeness (QED) is 0.362. The van der Waals surface area contributed by atoms with Gasteiger partial charge in [0.1, 0.15) is 0 Å². The molecule has 1 saturated heterocycles. The Kier molecular flexibility index (Phi) is 9.61. The predicted octanol–water partition coefficient (Wildman–Crippen LogP) is 2.70. The molecular formula is C20H31IN6. The molecule has 1 aromatic carbocycles. The average Bonchev–Trinajstić information content (AvgIpc) is 3.18. The summed E-state index contributed by atoms with van der Waals surface area (Å²) in [5.74, 6) is 0.861. The fraction of sp³-hybridized carbons (Fsp3) is 0.500. The highest BCUT2D eigenvalue weighted by molar-refractivity contribution is 14.0. The number of piperidine rings is 1. The molecule has 0 radical (unpaired) electrons. The largest absolute Gasteiger partial charge is 0.355 e. The van der Waals surface area contributed by atoms with Gasteiger partial charge in [-0.1, -0.05) is 30.7 Å². The van der Waals surface area contributed by atoms with Crippen molar-refractivity contribution in [2.24, 2.45) is 4.99 Å². The molecule has 1 aromatic heterocycles. The molecule has 0 bridgehead atoms. The SMILES string of the molecule is CN=C(NCCN1CCCCC1)NCc1cccc(Cn2cccn2)c1.I. The molecule has 0 aliphatic carbocycles. The van der Waals surface area contributed by atoms with Gasteiger partial charge in [0.25, 0.3) is 0 Å². The van der Waals surface area contributed by atoms with Crippen molar-refractivity contribution in [1.29, 1.82) is 0 Å². The summed E-state index contributed by atoms with van der Waals surface area (Å²) >= 11 is 0. The van der Waals surface area contributed by atoms with Crippen LogP contribution in [0.1, 0.15) is 30.4 Å². The van der Waals surface area contributed by atoms with Gasteiger partial charge in [-0.25, -0.2) is 0 Å². The van der Waals surface area contributed by atoms with Crippen LogP contribution in [0.25, 0.3) is 0 Å². The van der Waals surface area contributed by atoms with Crippen LogP contribution in [0, 0.1) is 0 Å². The van der Waals surface area contributed by atoms with Crippen molar-refractivity contribution >= 4 is 29.9 Å². The highest BCUT2D eigenvalue weighted by Gasteiger charge is 2.09. The lowest BCUT2D eigenvalue weighted by Gasteiger charge is -2.26. The lowest BCUT2D eigenvalue weighted by Crippen LogP contribution is -2.42. The first-order chi connectivity index (χ1) is 12.8. The molecule has 3 rings (SSSR count). The van der Waals surface area contributed by atoms with Crippen molar-refractivity contribution in [3.05, 3.63) is 53.9 Å². The fourth-order valence-corrected chi connectivity index (χ4v) is 3.34. The maximum atomic E-state index is 4.33. The van der Waals surface area contributed by atoms with E-state index in [9.17, 15) is 0 Å². The lowest BCUT2D eigenvalue weighted by molar-refractivity contribution is 0.232. The first-order valence-corrected chi connectivity index (χ1v) is 9.55. The van der Waals surface area contributed by atoms with Crippen LogP contribution < -0.4 is 10.6 Å². The number of hydrogen-bond donors (Lipinski definition) is 2. The molecule has 2 heterocycles. The number of nitrogens with one attached hydrogen (secondary N) is 2. The summed E-state index contributed by atoms with van der Waals surface area (Å²) in [7, 11) is 1.82. The van der Waals surface area contributed by atoms with E-state index in [1.165, 1.54) is 43.5 Å². The van der Waals surface area contributed by atoms with Gasteiger partial charge in [-0.15, -0.1) is 24.0 Å². The summed E-state index contributed by atoms with van der Waals surface area (Å²) < 4.78 is 1.94. The average molecular weight is 482 g/mol. The number of nitrogens with zero attached hydrogens (tertiary/aromatic N) is 4. The van der Waals surface area contributed by atoms with E-state index in [-0.39, 0.29) is 24.0 Å². The number of aliphatic imine (C=N–C) groups is 1. The van der Waals surface area contributed by atoms with Crippen LogP contribution in [0.4, 0.5) is 0 Å². The second kappa shape index (κ2) is 12.0. The number of likely N-dealkylation sites (tertiary alicyclic amines) is 1. The monoisotopic (exact) mass is 482 g/mol. The van der Waals surface area contributed by atoms with Gasteiger partial charge in [0.05, 0.1) is 6.54 Å². The van der Waals surface area contributed by atoms with Gasteiger partial charge in [0, 0.05) is 39.1 Å². The Morgan fingerprint density at radius 3 is 2.67 bits per heavy atom. The van der Waals surface area contributed by atoms with Gasteiger partial charge in [-0.2, -0.15) is 5.10 Å². The number of hydrogen-bond acceptors (Lipinski definition) is 3. The topological polar surface area (TPSA) is 57.5 Å². The maximum absolute atomic E-state index is 4.33. The molecule has 1 aliphatic rings. The number of benzene rings is 1. The van der Waals surface area contributed by atoms with Crippen molar-refractivity contribution in [2.45, 2.75) is 32.4 Å². The Morgan fingerprint density at radius 1 is 1.11 bits per heavy atom. The molecule has 0 unspecified atom stereocenters. The summed E-state index contributed by atoms with van der Waals surface area (Å²) in [6.45, 7) is 6.03. The molecule has 6 nitrogen and oxygen atoms in total. The lowest BCUT2D eigenvalue weighted by atomic mass is 10.1. The number of guanidine groups is 1. The zero-order valence-corrected chi connectivity index (χ0v) is 18.4. The Bertz CT molecular complexity index is 680. The summed E-state index contributed by atoms with van der Waals surface area (Å²) in [6.07, 6.45) is 7.85. The Hall–Kier alpha value is -1.61. The van der Waals surface area contributed by atoms with E-state index < -0.39 is 0 Å². The van der Waals surface area contributed by atoms with Gasteiger partial charge in [0.15, 0.2) is 5.96 Å². The number of halogens is 1. The van der Waals surface area contributed by atoms with Crippen LogP contribution in [0.5, 0.6) is 0 Å². The molecule has 0 spiro atoms. The van der Waals surface area contributed by atoms with Crippen LogP contribution in [0.3, 0.4) is 0 Å². The van der Waals surface area contributed by atoms with Crippen LogP contribution in [-0.4, -0.2) is 53.9 Å². The van der Waals surface area contributed by atoms with Crippen molar-refractivity contribution in [2.75, 3.05) is 33.2 Å². The standard InChI is InChI=1S/C20H30N6.HI/c1-21-20(22-10-14-25-11-3-2-4-12-25)23-16-18-7-5-8-19(15-18)17-26-13-6-9-24-26;/h5-9,13,15H,2-4,10-12,14,16-17H2,1H3,(H2,21,22,23);1H. The zero-order chi connectivity index (χ0) is 18.0. The van der Waals surface area contributed by atoms with Crippen molar-refractivity contribution in [3.8, 4) is 0 Å². The van der Waals surface area contributed by atoms with Gasteiger partial charge in [-0.05, 0) is 43.1 Å². The maximum Gasteiger partial charge on any atom is 0.191 e. The van der Waals surface area contributed by atoms with E-state index in [0.717, 1.165) is 32.1 Å². The molecule has 148 valence electrons. The molecule has 7 heteroatoms. The van der Waals surface area contributed by atoms with Crippen LogP contribution >= 0.6 is 24.0 Å². The van der Waals surface area contributed by atoms with E-state index in [2.05, 4.69) is 49.9 Å². The second-order valence-corrected chi connectivity index (χ2v) is 6.78. The van der Waals surface area contributed by atoms with E-state index >= 15 is 0 Å². The van der Waals surface area contributed by atoms with Gasteiger partial charge < -0.3 is 15.5 Å². The summed E-state index contributed by atoms with van der Waals surface area (Å²) in [4.78, 5) is 6.86. The van der Waals surface area contributed by atoms with Crippen molar-refractivity contribution in [3.63, 3.8) is 0 Å². The van der Waals surface area contributed by atoms with Gasteiger partial charge >= 0.3 is 0 Å². The highest BCUT2D eigenvalue weighted by Crippen LogP contribution is 2.08. The van der Waals surface area contributed by atoms with E-state index in [1.54, 1.807) is 0 Å². The Balaban J connectivity index is 0.00000261. The molecule has 0 atom stereocenters. The third kappa shape index (κ3) is 7.50. The van der Waals surface area contributed by atoms with E-state index in [0.29, 0.717) is 0 Å². The van der Waals surface area contributed by atoms with Gasteiger partial charge in [0.2, 0.25) is 0 Å². The molecule has 1 aliphatic heterocycles. The Morgan fingerprint density at radius 2 is 1.93 bits per heavy atom. The number of rotatable bonds is 7. The normalized spacial score (nSPS) is 15.2. The van der Waals surface area contributed by atoms with E-state index in [1.807, 2.05) is 30.2 Å². The third-order valence-corrected chi connectivity index (χ3v) is 4.75. The summed E-state index contributed by atoms with van der Waals surface area (Å²) in [5, 5.41) is 11.1. The summed E-state index contributed by atoms with van der Waals surface area (Å²) in [5.41, 5.74) is 2.50. The molecule has 2 N–H and O–H groups in total. The molecular weight excluding hydrogens is 451 g/mol. The van der Waals surface area contributed by atoms with Crippen molar-refractivity contribution in [1.82, 2.24) is 25.3 Å². The highest BCUT2D eigenvalue weighted by atomic mass is 127. The fourth-order valence-electron chi connectivity index (χ4n) is 3.34. The van der Waals surface area contributed by atoms with E-state index in [4.69, 9.17) is 0 Å². The van der Waals surface area contributed by atoms with Crippen molar-refractivity contribution < 1.29 is 0 Å². The van der Waals surface area contributed by atoms with Crippen LogP contribution in [-0.2, 0) is 13.1 Å². The molecule has 0 saturated carbocycles. The Labute approximate surface area is 179 Å². The van der Waals surface area contributed by atoms with Crippen LogP contribution in [0.2, 0.25) is 0 Å².